The smallest absolute Gasteiger partial charge is 0.202 e. The van der Waals surface area contributed by atoms with Crippen LogP contribution in [0.15, 0.2) is 12.4 Å². The van der Waals surface area contributed by atoms with Gasteiger partial charge in [-0.3, -0.25) is 0 Å². The van der Waals surface area contributed by atoms with E-state index in [0.717, 1.165) is 25.5 Å². The van der Waals surface area contributed by atoms with E-state index in [9.17, 15) is 0 Å². The Labute approximate surface area is 98.0 Å². The molecule has 0 bridgehead atoms. The zero-order valence-corrected chi connectivity index (χ0v) is 10.8. The number of nitrogens with zero attached hydrogens (tertiary/aromatic N) is 2. The summed E-state index contributed by atoms with van der Waals surface area (Å²) in [4.78, 5) is 4.28. The lowest BCUT2D eigenvalue weighted by Gasteiger charge is -2.18. The van der Waals surface area contributed by atoms with Crippen LogP contribution in [-0.2, 0) is 11.3 Å². The van der Waals surface area contributed by atoms with Crippen molar-refractivity contribution in [1.82, 2.24) is 9.55 Å². The summed E-state index contributed by atoms with van der Waals surface area (Å²) in [5.74, 6) is 0.932. The van der Waals surface area contributed by atoms with Crippen LogP contribution in [0.2, 0.25) is 0 Å². The van der Waals surface area contributed by atoms with E-state index in [1.54, 1.807) is 7.11 Å². The van der Waals surface area contributed by atoms with Crippen LogP contribution in [0.5, 0.6) is 0 Å². The van der Waals surface area contributed by atoms with Crippen molar-refractivity contribution in [2.45, 2.75) is 33.7 Å². The van der Waals surface area contributed by atoms with Crippen LogP contribution in [0.25, 0.3) is 0 Å². The molecule has 4 heteroatoms. The Morgan fingerprint density at radius 1 is 1.44 bits per heavy atom. The normalized spacial score (nSPS) is 11.8. The zero-order valence-electron chi connectivity index (χ0n) is 10.8. The summed E-state index contributed by atoms with van der Waals surface area (Å²) in [6.07, 6.45) is 4.91. The van der Waals surface area contributed by atoms with E-state index in [1.807, 2.05) is 12.4 Å². The van der Waals surface area contributed by atoms with Gasteiger partial charge in [0.05, 0.1) is 6.61 Å². The molecule has 0 aromatic carbocycles. The molecule has 1 N–H and O–H groups in total. The number of ether oxygens (including phenoxy) is 1. The average molecular weight is 225 g/mol. The third-order valence-corrected chi connectivity index (χ3v) is 2.41. The molecular formula is C12H23N3O. The number of nitrogens with one attached hydrogen (secondary N) is 1. The lowest BCUT2D eigenvalue weighted by molar-refractivity contribution is 0.187. The summed E-state index contributed by atoms with van der Waals surface area (Å²) >= 11 is 0. The number of methoxy groups -OCH3 is 1. The summed E-state index contributed by atoms with van der Waals surface area (Å²) in [6.45, 7) is 9.23. The maximum absolute atomic E-state index is 5.05. The average Bonchev–Trinajstić information content (AvgIpc) is 2.60. The Bertz CT molecular complexity index is 301. The van der Waals surface area contributed by atoms with Gasteiger partial charge in [-0.25, -0.2) is 4.98 Å². The van der Waals surface area contributed by atoms with Crippen molar-refractivity contribution in [1.29, 1.82) is 0 Å². The second-order valence-electron chi connectivity index (χ2n) is 5.17. The fourth-order valence-electron chi connectivity index (χ4n) is 1.40. The van der Waals surface area contributed by atoms with Gasteiger partial charge in [-0.15, -0.1) is 0 Å². The van der Waals surface area contributed by atoms with Crippen molar-refractivity contribution in [2.75, 3.05) is 25.6 Å². The minimum atomic E-state index is 0.358. The predicted octanol–water partition coefficient (Wildman–Crippen LogP) is 2.38. The molecule has 0 aliphatic heterocycles. The molecule has 1 heterocycles. The summed E-state index contributed by atoms with van der Waals surface area (Å²) in [5, 5.41) is 3.35. The first-order chi connectivity index (χ1) is 7.53. The van der Waals surface area contributed by atoms with Crippen molar-refractivity contribution in [3.05, 3.63) is 12.4 Å². The minimum Gasteiger partial charge on any atom is -0.383 e. The van der Waals surface area contributed by atoms with Crippen LogP contribution in [0.3, 0.4) is 0 Å². The first kappa shape index (κ1) is 13.0. The van der Waals surface area contributed by atoms with Crippen molar-refractivity contribution in [3.8, 4) is 0 Å². The van der Waals surface area contributed by atoms with E-state index in [4.69, 9.17) is 4.74 Å². The van der Waals surface area contributed by atoms with Crippen LogP contribution in [0.1, 0.15) is 27.2 Å². The molecule has 0 amide bonds. The first-order valence-corrected chi connectivity index (χ1v) is 5.77. The van der Waals surface area contributed by atoms with E-state index in [1.165, 1.54) is 0 Å². The molecule has 16 heavy (non-hydrogen) atoms. The molecule has 0 atom stereocenters. The number of hydrogen-bond donors (Lipinski definition) is 1. The molecule has 0 fully saturated rings. The highest BCUT2D eigenvalue weighted by Gasteiger charge is 2.10. The predicted molar refractivity (Wildman–Crippen MR) is 66.7 cm³/mol. The van der Waals surface area contributed by atoms with Crippen molar-refractivity contribution in [3.63, 3.8) is 0 Å². The van der Waals surface area contributed by atoms with Gasteiger partial charge >= 0.3 is 0 Å². The Morgan fingerprint density at radius 2 is 2.19 bits per heavy atom. The number of anilines is 1. The summed E-state index contributed by atoms with van der Waals surface area (Å²) in [6, 6.07) is 0. The van der Waals surface area contributed by atoms with Crippen molar-refractivity contribution < 1.29 is 4.74 Å². The SMILES string of the molecule is COCCn1ccnc1NCCC(C)(C)C. The Balaban J connectivity index is 2.38. The topological polar surface area (TPSA) is 39.1 Å². The minimum absolute atomic E-state index is 0.358. The van der Waals surface area contributed by atoms with Gasteiger partial charge in [-0.2, -0.15) is 0 Å². The van der Waals surface area contributed by atoms with E-state index in [2.05, 4.69) is 35.6 Å². The highest BCUT2D eigenvalue weighted by molar-refractivity contribution is 5.25. The van der Waals surface area contributed by atoms with Gasteiger partial charge in [0.15, 0.2) is 0 Å². The quantitative estimate of drug-likeness (QED) is 0.808. The molecule has 4 nitrogen and oxygen atoms in total. The van der Waals surface area contributed by atoms with E-state index in [0.29, 0.717) is 12.0 Å². The lowest BCUT2D eigenvalue weighted by Crippen LogP contribution is -2.16. The van der Waals surface area contributed by atoms with Crippen LogP contribution in [-0.4, -0.2) is 29.8 Å². The molecule has 0 saturated heterocycles. The summed E-state index contributed by atoms with van der Waals surface area (Å²) < 4.78 is 7.13. The Morgan fingerprint density at radius 3 is 2.81 bits per heavy atom. The first-order valence-electron chi connectivity index (χ1n) is 5.77. The second-order valence-corrected chi connectivity index (χ2v) is 5.17. The monoisotopic (exact) mass is 225 g/mol. The highest BCUT2D eigenvalue weighted by atomic mass is 16.5. The molecule has 0 radical (unpaired) electrons. The molecule has 0 saturated carbocycles. The molecule has 1 aromatic heterocycles. The Hall–Kier alpha value is -1.03. The van der Waals surface area contributed by atoms with Gasteiger partial charge in [0, 0.05) is 32.6 Å². The van der Waals surface area contributed by atoms with Gasteiger partial charge in [-0.1, -0.05) is 20.8 Å². The van der Waals surface area contributed by atoms with Crippen LogP contribution < -0.4 is 5.32 Å². The molecule has 0 aliphatic carbocycles. The third-order valence-electron chi connectivity index (χ3n) is 2.41. The van der Waals surface area contributed by atoms with Gasteiger partial charge in [-0.05, 0) is 11.8 Å². The molecule has 92 valence electrons. The fraction of sp³-hybridized carbons (Fsp3) is 0.750. The highest BCUT2D eigenvalue weighted by Crippen LogP contribution is 2.18. The third kappa shape index (κ3) is 4.66. The fourth-order valence-corrected chi connectivity index (χ4v) is 1.40. The molecule has 1 aromatic rings. The van der Waals surface area contributed by atoms with Gasteiger partial charge in [0.2, 0.25) is 5.95 Å². The van der Waals surface area contributed by atoms with Gasteiger partial charge in [0.1, 0.15) is 0 Å². The summed E-state index contributed by atoms with van der Waals surface area (Å²) in [7, 11) is 1.71. The van der Waals surface area contributed by atoms with Crippen molar-refractivity contribution >= 4 is 5.95 Å². The Kier molecular flexibility index (Phi) is 4.80. The van der Waals surface area contributed by atoms with E-state index in [-0.39, 0.29) is 0 Å². The summed E-state index contributed by atoms with van der Waals surface area (Å²) in [5.41, 5.74) is 0.358. The second kappa shape index (κ2) is 5.89. The lowest BCUT2D eigenvalue weighted by atomic mass is 9.92. The van der Waals surface area contributed by atoms with Crippen LogP contribution in [0, 0.1) is 5.41 Å². The molecule has 0 aliphatic rings. The van der Waals surface area contributed by atoms with E-state index >= 15 is 0 Å². The number of rotatable bonds is 6. The number of imidazole rings is 1. The maximum atomic E-state index is 5.05. The van der Waals surface area contributed by atoms with Crippen molar-refractivity contribution in [2.24, 2.45) is 5.41 Å². The molecule has 1 rings (SSSR count). The molecule has 0 spiro atoms. The number of hydrogen-bond acceptors (Lipinski definition) is 3. The maximum Gasteiger partial charge on any atom is 0.202 e. The molecular weight excluding hydrogens is 202 g/mol. The van der Waals surface area contributed by atoms with Crippen LogP contribution in [0.4, 0.5) is 5.95 Å². The number of aromatic nitrogens is 2. The van der Waals surface area contributed by atoms with Gasteiger partial charge < -0.3 is 14.6 Å². The largest absolute Gasteiger partial charge is 0.383 e. The standard InChI is InChI=1S/C12H23N3O/c1-12(2,3)5-6-13-11-14-7-8-15(11)9-10-16-4/h7-8H,5-6,9-10H2,1-4H3,(H,13,14). The van der Waals surface area contributed by atoms with E-state index < -0.39 is 0 Å². The van der Waals surface area contributed by atoms with Crippen LogP contribution >= 0.6 is 0 Å². The zero-order chi connectivity index (χ0) is 12.0. The van der Waals surface area contributed by atoms with Gasteiger partial charge in [0.25, 0.3) is 0 Å². The molecule has 0 unspecified atom stereocenters.